The van der Waals surface area contributed by atoms with Crippen LogP contribution in [0.3, 0.4) is 0 Å². The smallest absolute Gasteiger partial charge is 0.161 e. The quantitative estimate of drug-likeness (QED) is 0.596. The maximum Gasteiger partial charge on any atom is 0.161 e. The molecule has 0 aromatic heterocycles. The minimum Gasteiger partial charge on any atom is -0.493 e. The molecule has 130 valence electrons. The number of hydrogen-bond acceptors (Lipinski definition) is 3. The molecule has 0 amide bonds. The van der Waals surface area contributed by atoms with E-state index in [4.69, 9.17) is 32.7 Å². The second-order valence-corrected chi connectivity index (χ2v) is 6.37. The standard InChI is InChI=1S/C19H23Cl2NO2/c1-3-4-9-22-12-14-6-8-18(19(11-14)23-2)24-13-15-5-7-16(20)17(21)10-15/h5-8,10-11,22H,3-4,9,12-13H2,1-2H3. The zero-order valence-electron chi connectivity index (χ0n) is 14.1. The summed E-state index contributed by atoms with van der Waals surface area (Å²) >= 11 is 12.0. The van der Waals surface area contributed by atoms with Gasteiger partial charge < -0.3 is 14.8 Å². The van der Waals surface area contributed by atoms with Gasteiger partial charge in [0.25, 0.3) is 0 Å². The van der Waals surface area contributed by atoms with Crippen molar-refractivity contribution < 1.29 is 9.47 Å². The largest absolute Gasteiger partial charge is 0.493 e. The molecule has 5 heteroatoms. The third-order valence-electron chi connectivity index (χ3n) is 3.64. The first-order chi connectivity index (χ1) is 11.6. The molecule has 2 aromatic rings. The average Bonchev–Trinajstić information content (AvgIpc) is 2.60. The zero-order chi connectivity index (χ0) is 17.4. The van der Waals surface area contributed by atoms with Gasteiger partial charge in [-0.1, -0.05) is 48.7 Å². The molecule has 1 N–H and O–H groups in total. The van der Waals surface area contributed by atoms with E-state index in [1.807, 2.05) is 30.3 Å². The fourth-order valence-corrected chi connectivity index (χ4v) is 2.59. The maximum atomic E-state index is 6.03. The molecule has 3 nitrogen and oxygen atoms in total. The van der Waals surface area contributed by atoms with Crippen LogP contribution in [-0.2, 0) is 13.2 Å². The molecule has 0 aliphatic heterocycles. The second kappa shape index (κ2) is 9.77. The zero-order valence-corrected chi connectivity index (χ0v) is 15.6. The van der Waals surface area contributed by atoms with Crippen LogP contribution in [0.1, 0.15) is 30.9 Å². The van der Waals surface area contributed by atoms with Gasteiger partial charge in [-0.05, 0) is 48.4 Å². The van der Waals surface area contributed by atoms with Crippen LogP contribution in [0.4, 0.5) is 0 Å². The van der Waals surface area contributed by atoms with E-state index >= 15 is 0 Å². The Labute approximate surface area is 153 Å². The van der Waals surface area contributed by atoms with Gasteiger partial charge in [-0.15, -0.1) is 0 Å². The van der Waals surface area contributed by atoms with Gasteiger partial charge in [-0.25, -0.2) is 0 Å². The van der Waals surface area contributed by atoms with E-state index in [0.29, 0.717) is 22.4 Å². The maximum absolute atomic E-state index is 6.03. The molecule has 0 aliphatic carbocycles. The van der Waals surface area contributed by atoms with Crippen LogP contribution in [0.15, 0.2) is 36.4 Å². The van der Waals surface area contributed by atoms with Crippen molar-refractivity contribution in [2.45, 2.75) is 32.9 Å². The lowest BCUT2D eigenvalue weighted by Gasteiger charge is -2.13. The molecule has 2 rings (SSSR count). The summed E-state index contributed by atoms with van der Waals surface area (Å²) in [6.45, 7) is 4.43. The SMILES string of the molecule is CCCCNCc1ccc(OCc2ccc(Cl)c(Cl)c2)c(OC)c1. The summed E-state index contributed by atoms with van der Waals surface area (Å²) in [5, 5.41) is 4.49. The highest BCUT2D eigenvalue weighted by Gasteiger charge is 2.07. The summed E-state index contributed by atoms with van der Waals surface area (Å²) in [5.41, 5.74) is 2.13. The Balaban J connectivity index is 1.97. The highest BCUT2D eigenvalue weighted by Crippen LogP contribution is 2.29. The molecule has 0 spiro atoms. The molecule has 0 unspecified atom stereocenters. The number of nitrogens with one attached hydrogen (secondary N) is 1. The molecule has 0 heterocycles. The lowest BCUT2D eigenvalue weighted by molar-refractivity contribution is 0.284. The van der Waals surface area contributed by atoms with Crippen molar-refractivity contribution >= 4 is 23.2 Å². The minimum absolute atomic E-state index is 0.404. The van der Waals surface area contributed by atoms with Gasteiger partial charge in [0.2, 0.25) is 0 Å². The lowest BCUT2D eigenvalue weighted by Crippen LogP contribution is -2.14. The van der Waals surface area contributed by atoms with Crippen molar-refractivity contribution in [3.8, 4) is 11.5 Å². The Morgan fingerprint density at radius 1 is 0.958 bits per heavy atom. The van der Waals surface area contributed by atoms with Gasteiger partial charge in [0.05, 0.1) is 17.2 Å². The summed E-state index contributed by atoms with van der Waals surface area (Å²) in [7, 11) is 1.65. The fourth-order valence-electron chi connectivity index (χ4n) is 2.27. The second-order valence-electron chi connectivity index (χ2n) is 5.55. The number of halogens is 2. The van der Waals surface area contributed by atoms with E-state index in [2.05, 4.69) is 12.2 Å². The van der Waals surface area contributed by atoms with Crippen molar-refractivity contribution in [2.75, 3.05) is 13.7 Å². The first-order valence-corrected chi connectivity index (χ1v) is 8.84. The Morgan fingerprint density at radius 3 is 2.46 bits per heavy atom. The van der Waals surface area contributed by atoms with Crippen LogP contribution in [0, 0.1) is 0 Å². The molecule has 24 heavy (non-hydrogen) atoms. The van der Waals surface area contributed by atoms with E-state index in [-0.39, 0.29) is 0 Å². The highest BCUT2D eigenvalue weighted by molar-refractivity contribution is 6.42. The van der Waals surface area contributed by atoms with Crippen LogP contribution < -0.4 is 14.8 Å². The molecule has 0 aliphatic rings. The molecular weight excluding hydrogens is 345 g/mol. The number of methoxy groups -OCH3 is 1. The van der Waals surface area contributed by atoms with Gasteiger partial charge >= 0.3 is 0 Å². The topological polar surface area (TPSA) is 30.5 Å². The summed E-state index contributed by atoms with van der Waals surface area (Å²) in [4.78, 5) is 0. The predicted octanol–water partition coefficient (Wildman–Crippen LogP) is 5.47. The number of rotatable bonds is 9. The van der Waals surface area contributed by atoms with Crippen molar-refractivity contribution in [1.82, 2.24) is 5.32 Å². The monoisotopic (exact) mass is 367 g/mol. The van der Waals surface area contributed by atoms with Crippen LogP contribution in [0.5, 0.6) is 11.5 Å². The van der Waals surface area contributed by atoms with E-state index in [1.165, 1.54) is 18.4 Å². The summed E-state index contributed by atoms with van der Waals surface area (Å²) in [5.74, 6) is 1.44. The number of hydrogen-bond donors (Lipinski definition) is 1. The predicted molar refractivity (Wildman–Crippen MR) is 100 cm³/mol. The minimum atomic E-state index is 0.404. The van der Waals surface area contributed by atoms with E-state index in [9.17, 15) is 0 Å². The molecule has 0 radical (unpaired) electrons. The molecular formula is C19H23Cl2NO2. The molecule has 0 bridgehead atoms. The number of ether oxygens (including phenoxy) is 2. The van der Waals surface area contributed by atoms with E-state index in [0.717, 1.165) is 24.4 Å². The highest BCUT2D eigenvalue weighted by atomic mass is 35.5. The van der Waals surface area contributed by atoms with Crippen LogP contribution >= 0.6 is 23.2 Å². The third-order valence-corrected chi connectivity index (χ3v) is 4.38. The Kier molecular flexibility index (Phi) is 7.70. The van der Waals surface area contributed by atoms with Crippen LogP contribution in [0.2, 0.25) is 10.0 Å². The normalized spacial score (nSPS) is 10.7. The fraction of sp³-hybridized carbons (Fsp3) is 0.368. The van der Waals surface area contributed by atoms with Gasteiger partial charge in [0, 0.05) is 6.54 Å². The van der Waals surface area contributed by atoms with Crippen molar-refractivity contribution in [2.24, 2.45) is 0 Å². The lowest BCUT2D eigenvalue weighted by atomic mass is 10.2. The van der Waals surface area contributed by atoms with Gasteiger partial charge in [-0.3, -0.25) is 0 Å². The molecule has 2 aromatic carbocycles. The first kappa shape index (κ1) is 18.9. The van der Waals surface area contributed by atoms with Crippen molar-refractivity contribution in [3.63, 3.8) is 0 Å². The third kappa shape index (κ3) is 5.59. The average molecular weight is 368 g/mol. The van der Waals surface area contributed by atoms with Crippen molar-refractivity contribution in [3.05, 3.63) is 57.6 Å². The summed E-state index contributed by atoms with van der Waals surface area (Å²) in [6, 6.07) is 11.5. The van der Waals surface area contributed by atoms with Crippen LogP contribution in [0.25, 0.3) is 0 Å². The molecule has 0 fully saturated rings. The van der Waals surface area contributed by atoms with E-state index < -0.39 is 0 Å². The summed E-state index contributed by atoms with van der Waals surface area (Å²) in [6.07, 6.45) is 2.37. The van der Waals surface area contributed by atoms with E-state index in [1.54, 1.807) is 13.2 Å². The van der Waals surface area contributed by atoms with Gasteiger partial charge in [-0.2, -0.15) is 0 Å². The van der Waals surface area contributed by atoms with Crippen molar-refractivity contribution in [1.29, 1.82) is 0 Å². The molecule has 0 saturated carbocycles. The molecule has 0 saturated heterocycles. The number of benzene rings is 2. The Hall–Kier alpha value is -1.42. The summed E-state index contributed by atoms with van der Waals surface area (Å²) < 4.78 is 11.3. The molecule has 0 atom stereocenters. The van der Waals surface area contributed by atoms with Gasteiger partial charge in [0.1, 0.15) is 6.61 Å². The number of unbranched alkanes of at least 4 members (excludes halogenated alkanes) is 1. The van der Waals surface area contributed by atoms with Gasteiger partial charge in [0.15, 0.2) is 11.5 Å². The Bertz CT molecular complexity index is 662. The first-order valence-electron chi connectivity index (χ1n) is 8.08. The van der Waals surface area contributed by atoms with Crippen LogP contribution in [-0.4, -0.2) is 13.7 Å². The Morgan fingerprint density at radius 2 is 1.75 bits per heavy atom.